The number of carboxylic acid groups (broad SMARTS) is 2. The van der Waals surface area contributed by atoms with Gasteiger partial charge in [-0.2, -0.15) is 12.1 Å². The van der Waals surface area contributed by atoms with Crippen LogP contribution in [0, 0.1) is 0 Å². The molecule has 2 rings (SSSR count). The number of benzene rings is 1. The second kappa shape index (κ2) is 10.5. The molecule has 2 atom stereocenters. The molecule has 0 aliphatic heterocycles. The first-order valence-electron chi connectivity index (χ1n) is 6.87. The van der Waals surface area contributed by atoms with E-state index in [0.29, 0.717) is 5.56 Å². The molecule has 7 heteroatoms. The molecule has 0 amide bonds. The zero-order valence-electron chi connectivity index (χ0n) is 12.0. The molecule has 0 radical (unpaired) electrons. The minimum absolute atomic E-state index is 0. The number of rotatable bonds is 3. The van der Waals surface area contributed by atoms with Gasteiger partial charge in [-0.3, -0.25) is 4.79 Å². The topological polar surface area (TPSA) is 122 Å². The molecule has 0 heterocycles. The maximum Gasteiger partial charge on any atom is 2.00 e. The number of aliphatic carboxylic acids is 1. The number of carbonyl (C=O) groups is 2. The molecule has 0 saturated heterocycles. The van der Waals surface area contributed by atoms with Gasteiger partial charge in [-0.25, -0.2) is 4.79 Å². The van der Waals surface area contributed by atoms with Gasteiger partial charge in [0.1, 0.15) is 0 Å². The van der Waals surface area contributed by atoms with Crippen molar-refractivity contribution in [2.24, 2.45) is 0 Å². The normalized spacial score (nSPS) is 20.1. The van der Waals surface area contributed by atoms with Crippen molar-refractivity contribution in [3.8, 4) is 0 Å². The summed E-state index contributed by atoms with van der Waals surface area (Å²) in [4.78, 5) is 21.0. The first kappa shape index (κ1) is 20.8. The van der Waals surface area contributed by atoms with Gasteiger partial charge < -0.3 is 21.7 Å². The van der Waals surface area contributed by atoms with Crippen LogP contribution in [-0.4, -0.2) is 34.2 Å². The van der Waals surface area contributed by atoms with E-state index in [4.69, 9.17) is 21.7 Å². The number of carboxylic acids is 2. The van der Waals surface area contributed by atoms with Crippen molar-refractivity contribution in [1.82, 2.24) is 0 Å². The van der Waals surface area contributed by atoms with Crippen LogP contribution in [-0.2, 0) is 32.3 Å². The zero-order valence-corrected chi connectivity index (χ0v) is 14.3. The Bertz CT molecular complexity index is 486. The van der Waals surface area contributed by atoms with Crippen LogP contribution in [0.25, 0.3) is 11.5 Å². The Kier molecular flexibility index (Phi) is 9.90. The molecule has 2 unspecified atom stereocenters. The smallest absolute Gasteiger partial charge is 0.676 e. The van der Waals surface area contributed by atoms with Gasteiger partial charge in [-0.15, -0.1) is 0 Å². The van der Waals surface area contributed by atoms with Crippen LogP contribution in [0.4, 0.5) is 0 Å². The monoisotopic (exact) mass is 487 g/mol. The number of aromatic carboxylic acids is 1. The Labute approximate surface area is 144 Å². The van der Waals surface area contributed by atoms with E-state index >= 15 is 0 Å². The molecule has 1 aromatic rings. The molecule has 1 aromatic carbocycles. The largest absolute Gasteiger partial charge is 2.00 e. The Hall–Kier alpha value is -1.23. The van der Waals surface area contributed by atoms with Crippen molar-refractivity contribution in [1.29, 1.82) is 0 Å². The third-order valence-corrected chi connectivity index (χ3v) is 3.36. The Morgan fingerprint density at radius 2 is 1.55 bits per heavy atom. The van der Waals surface area contributed by atoms with E-state index in [9.17, 15) is 9.59 Å². The van der Waals surface area contributed by atoms with Crippen molar-refractivity contribution in [2.45, 2.75) is 44.2 Å². The summed E-state index contributed by atoms with van der Waals surface area (Å²) in [5.74, 6) is -2.13. The molecule has 124 valence electrons. The van der Waals surface area contributed by atoms with Gasteiger partial charge in [-0.05, 0) is 11.6 Å². The summed E-state index contributed by atoms with van der Waals surface area (Å²) in [6.45, 7) is 0. The summed E-state index contributed by atoms with van der Waals surface area (Å²) in [6.07, 6.45) is 3.98. The minimum atomic E-state index is -1.10. The Balaban J connectivity index is 0.000000423. The first-order valence-corrected chi connectivity index (χ1v) is 6.87. The fourth-order valence-corrected chi connectivity index (χ4v) is 2.18. The van der Waals surface area contributed by atoms with E-state index in [1.165, 1.54) is 25.0 Å². The Morgan fingerprint density at radius 3 is 1.95 bits per heavy atom. The second-order valence-corrected chi connectivity index (χ2v) is 5.03. The van der Waals surface area contributed by atoms with E-state index in [0.717, 1.165) is 12.8 Å². The van der Waals surface area contributed by atoms with Crippen LogP contribution >= 0.6 is 0 Å². The van der Waals surface area contributed by atoms with Gasteiger partial charge in [-0.1, -0.05) is 43.9 Å². The van der Waals surface area contributed by atoms with Gasteiger partial charge in [0, 0.05) is 0 Å². The van der Waals surface area contributed by atoms with Crippen LogP contribution in [0.2, 0.25) is 0 Å². The molecule has 1 saturated carbocycles. The van der Waals surface area contributed by atoms with Gasteiger partial charge in [0.2, 0.25) is 0 Å². The summed E-state index contributed by atoms with van der Waals surface area (Å²) in [5, 5.41) is 17.2. The van der Waals surface area contributed by atoms with E-state index < -0.39 is 11.9 Å². The summed E-state index contributed by atoms with van der Waals surface area (Å²) in [7, 11) is 0. The van der Waals surface area contributed by atoms with Crippen LogP contribution in [0.3, 0.4) is 0 Å². The maximum atomic E-state index is 10.6. The molecule has 1 fully saturated rings. The average Bonchev–Trinajstić information content (AvgIpc) is 2.42. The molecule has 0 aromatic heterocycles. The summed E-state index contributed by atoms with van der Waals surface area (Å²) in [5.41, 5.74) is 14.9. The zero-order chi connectivity index (χ0) is 15.8. The minimum Gasteiger partial charge on any atom is -0.676 e. The molecule has 0 bridgehead atoms. The summed E-state index contributed by atoms with van der Waals surface area (Å²) >= 11 is 0. The molecule has 6 nitrogen and oxygen atoms in total. The average molecular weight is 487 g/mol. The molecule has 4 N–H and O–H groups in total. The van der Waals surface area contributed by atoms with Crippen LogP contribution in [0.15, 0.2) is 24.3 Å². The quantitative estimate of drug-likeness (QED) is 0.679. The predicted molar refractivity (Wildman–Crippen MR) is 79.4 cm³/mol. The molecule has 22 heavy (non-hydrogen) atoms. The number of hydrogen-bond donors (Lipinski definition) is 2. The van der Waals surface area contributed by atoms with Gasteiger partial charge in [0.15, 0.2) is 0 Å². The maximum absolute atomic E-state index is 10.6. The third kappa shape index (κ3) is 7.16. The SMILES string of the molecule is O=C(O)Cc1ccccc1C(=O)O.[NH-]C1CCCCC1[NH-].[Pt+2]. The van der Waals surface area contributed by atoms with E-state index in [2.05, 4.69) is 0 Å². The van der Waals surface area contributed by atoms with E-state index in [1.807, 2.05) is 0 Å². The van der Waals surface area contributed by atoms with Crippen LogP contribution in [0.1, 0.15) is 41.6 Å². The molecular weight excluding hydrogens is 467 g/mol. The van der Waals surface area contributed by atoms with Crippen molar-refractivity contribution < 1.29 is 40.9 Å². The van der Waals surface area contributed by atoms with E-state index in [1.54, 1.807) is 12.1 Å². The fraction of sp³-hybridized carbons (Fsp3) is 0.467. The Morgan fingerprint density at radius 1 is 1.05 bits per heavy atom. The fourth-order valence-electron chi connectivity index (χ4n) is 2.18. The van der Waals surface area contributed by atoms with E-state index in [-0.39, 0.29) is 45.1 Å². The van der Waals surface area contributed by atoms with Crippen molar-refractivity contribution in [3.05, 3.63) is 46.9 Å². The van der Waals surface area contributed by atoms with Gasteiger partial charge in [0.05, 0.1) is 12.0 Å². The molecule has 1 aliphatic carbocycles. The van der Waals surface area contributed by atoms with Crippen molar-refractivity contribution in [3.63, 3.8) is 0 Å². The predicted octanol–water partition coefficient (Wildman–Crippen LogP) is 3.41. The van der Waals surface area contributed by atoms with Gasteiger partial charge in [0.25, 0.3) is 0 Å². The summed E-state index contributed by atoms with van der Waals surface area (Å²) in [6, 6.07) is 5.91. The standard InChI is InChI=1S/C9H8O4.C6H12N2.Pt/c10-8(11)5-6-3-1-2-4-7(6)9(12)13;7-5-3-1-2-4-6(5)8;/h1-4H,5H2,(H,10,11)(H,12,13);5-8H,1-4H2;/q;-2;+2. The number of hydrogen-bond acceptors (Lipinski definition) is 2. The van der Waals surface area contributed by atoms with Gasteiger partial charge >= 0.3 is 33.0 Å². The number of nitrogens with one attached hydrogen (secondary N) is 2. The van der Waals surface area contributed by atoms with Crippen LogP contribution in [0.5, 0.6) is 0 Å². The first-order chi connectivity index (χ1) is 9.91. The molecule has 1 aliphatic rings. The van der Waals surface area contributed by atoms with Crippen molar-refractivity contribution in [2.75, 3.05) is 0 Å². The third-order valence-electron chi connectivity index (χ3n) is 3.36. The molecular formula is C15H20N2O4Pt. The van der Waals surface area contributed by atoms with Crippen molar-refractivity contribution >= 4 is 11.9 Å². The van der Waals surface area contributed by atoms with Crippen LogP contribution < -0.4 is 0 Å². The summed E-state index contributed by atoms with van der Waals surface area (Å²) < 4.78 is 0. The molecule has 0 spiro atoms. The second-order valence-electron chi connectivity index (χ2n) is 5.03.